The summed E-state index contributed by atoms with van der Waals surface area (Å²) in [7, 11) is 0. The second-order valence-electron chi connectivity index (χ2n) is 9.37. The Morgan fingerprint density at radius 3 is 2.80 bits per heavy atom. The van der Waals surface area contributed by atoms with Gasteiger partial charge >= 0.3 is 0 Å². The summed E-state index contributed by atoms with van der Waals surface area (Å²) in [6.07, 6.45) is 2.56. The van der Waals surface area contributed by atoms with Crippen molar-refractivity contribution in [1.82, 2.24) is 15.5 Å². The van der Waals surface area contributed by atoms with Crippen molar-refractivity contribution in [3.8, 4) is 6.07 Å². The molecule has 3 aliphatic rings. The summed E-state index contributed by atoms with van der Waals surface area (Å²) in [5, 5.41) is 16.4. The van der Waals surface area contributed by atoms with Crippen LogP contribution in [0.15, 0.2) is 40.2 Å². The predicted molar refractivity (Wildman–Crippen MR) is 132 cm³/mol. The molecule has 3 unspecified atom stereocenters. The molecule has 1 spiro atoms. The van der Waals surface area contributed by atoms with Gasteiger partial charge < -0.3 is 20.3 Å². The fourth-order valence-corrected chi connectivity index (χ4v) is 6.30. The molecule has 2 N–H and O–H groups in total. The zero-order chi connectivity index (χ0) is 24.6. The highest BCUT2D eigenvalue weighted by atomic mass is 79.9. The molecule has 1 aromatic carbocycles. The van der Waals surface area contributed by atoms with Gasteiger partial charge in [0.05, 0.1) is 30.8 Å². The van der Waals surface area contributed by atoms with E-state index in [1.54, 1.807) is 40.6 Å². The van der Waals surface area contributed by atoms with Gasteiger partial charge in [0.2, 0.25) is 11.8 Å². The van der Waals surface area contributed by atoms with E-state index in [9.17, 15) is 14.4 Å². The zero-order valence-electron chi connectivity index (χ0n) is 19.0. The molecule has 0 bridgehead atoms. The van der Waals surface area contributed by atoms with Gasteiger partial charge in [-0.2, -0.15) is 5.26 Å². The standard InChI is InChI=1S/C25H25BrN4O4S/c26-18-3-1-16(2-4-18)23(32)29-12-22(31)30-14-25(20-8-17(20)5-6-34-25)9-21(30)24(33)28-11-19-7-15(10-27)13-35-19/h1-4,7,13,17,20-21H,5-6,8-9,11-12,14H2,(H,28,33)(H,29,32)/t17?,20?,21-,25?/m0/s1. The molecular weight excluding hydrogens is 532 g/mol. The highest BCUT2D eigenvalue weighted by molar-refractivity contribution is 9.10. The number of benzene rings is 1. The Kier molecular flexibility index (Phi) is 6.66. The Morgan fingerprint density at radius 2 is 2.06 bits per heavy atom. The van der Waals surface area contributed by atoms with Gasteiger partial charge in [0, 0.05) is 33.3 Å². The highest BCUT2D eigenvalue weighted by Gasteiger charge is 2.62. The Morgan fingerprint density at radius 1 is 1.26 bits per heavy atom. The molecule has 1 aliphatic carbocycles. The summed E-state index contributed by atoms with van der Waals surface area (Å²) in [4.78, 5) is 41.4. The summed E-state index contributed by atoms with van der Waals surface area (Å²) in [5.41, 5.74) is 0.526. The molecule has 2 saturated heterocycles. The Hall–Kier alpha value is -2.74. The van der Waals surface area contributed by atoms with E-state index in [0.717, 1.165) is 22.2 Å². The maximum absolute atomic E-state index is 13.2. The van der Waals surface area contributed by atoms with Crippen molar-refractivity contribution in [2.45, 2.75) is 37.5 Å². The third-order valence-corrected chi connectivity index (χ3v) is 8.64. The van der Waals surface area contributed by atoms with Gasteiger partial charge in [0.15, 0.2) is 0 Å². The number of nitrogens with one attached hydrogen (secondary N) is 2. The smallest absolute Gasteiger partial charge is 0.251 e. The van der Waals surface area contributed by atoms with Crippen LogP contribution < -0.4 is 10.6 Å². The molecule has 5 rings (SSSR count). The van der Waals surface area contributed by atoms with Crippen LogP contribution in [0.2, 0.25) is 0 Å². The topological polar surface area (TPSA) is 112 Å². The maximum Gasteiger partial charge on any atom is 0.251 e. The number of likely N-dealkylation sites (tertiary alicyclic amines) is 1. The van der Waals surface area contributed by atoms with Gasteiger partial charge in [-0.3, -0.25) is 14.4 Å². The zero-order valence-corrected chi connectivity index (χ0v) is 21.4. The molecule has 3 amide bonds. The molecule has 0 radical (unpaired) electrons. The van der Waals surface area contributed by atoms with Gasteiger partial charge in [0.1, 0.15) is 12.1 Å². The van der Waals surface area contributed by atoms with Crippen molar-refractivity contribution in [3.63, 3.8) is 0 Å². The van der Waals surface area contributed by atoms with Crippen LogP contribution >= 0.6 is 27.3 Å². The Labute approximate surface area is 215 Å². The molecule has 10 heteroatoms. The van der Waals surface area contributed by atoms with E-state index in [4.69, 9.17) is 10.00 Å². The minimum atomic E-state index is -0.665. The molecule has 3 fully saturated rings. The molecule has 8 nitrogen and oxygen atoms in total. The summed E-state index contributed by atoms with van der Waals surface area (Å²) in [6.45, 7) is 1.10. The molecule has 2 aliphatic heterocycles. The number of thiophene rings is 1. The Balaban J connectivity index is 1.26. The van der Waals surface area contributed by atoms with Gasteiger partial charge in [-0.1, -0.05) is 15.9 Å². The number of rotatable bonds is 6. The molecule has 182 valence electrons. The normalized spacial score (nSPS) is 26.6. The summed E-state index contributed by atoms with van der Waals surface area (Å²) in [5.74, 6) is 0.0877. The number of hydrogen-bond acceptors (Lipinski definition) is 6. The van der Waals surface area contributed by atoms with Crippen LogP contribution in [-0.2, 0) is 20.9 Å². The third-order valence-electron chi connectivity index (χ3n) is 7.18. The number of carbonyl (C=O) groups excluding carboxylic acids is 3. The maximum atomic E-state index is 13.2. The number of hydrogen-bond donors (Lipinski definition) is 2. The van der Waals surface area contributed by atoms with Gasteiger partial charge in [-0.25, -0.2) is 0 Å². The SMILES string of the molecule is N#Cc1csc(CNC(=O)[C@@H]2CC3(CN2C(=O)CNC(=O)c2ccc(Br)cc2)OCCC2CC23)c1. The second-order valence-corrected chi connectivity index (χ2v) is 11.3. The van der Waals surface area contributed by atoms with Crippen LogP contribution in [0, 0.1) is 23.2 Å². The first-order valence-electron chi connectivity index (χ1n) is 11.6. The average molecular weight is 557 g/mol. The molecule has 3 heterocycles. The van der Waals surface area contributed by atoms with Crippen molar-refractivity contribution >= 4 is 45.0 Å². The number of halogens is 1. The van der Waals surface area contributed by atoms with Gasteiger partial charge in [-0.05, 0) is 55.0 Å². The van der Waals surface area contributed by atoms with E-state index in [0.29, 0.717) is 49.1 Å². The highest BCUT2D eigenvalue weighted by Crippen LogP contribution is 2.57. The van der Waals surface area contributed by atoms with Crippen molar-refractivity contribution in [2.24, 2.45) is 11.8 Å². The predicted octanol–water partition coefficient (Wildman–Crippen LogP) is 2.82. The number of carbonyl (C=O) groups is 3. The van der Waals surface area contributed by atoms with E-state index in [1.165, 1.54) is 11.3 Å². The third kappa shape index (κ3) is 4.99. The lowest BCUT2D eigenvalue weighted by atomic mass is 9.90. The van der Waals surface area contributed by atoms with E-state index < -0.39 is 11.6 Å². The number of nitrogens with zero attached hydrogens (tertiary/aromatic N) is 2. The van der Waals surface area contributed by atoms with Crippen molar-refractivity contribution in [2.75, 3.05) is 19.7 Å². The molecule has 4 atom stereocenters. The first kappa shape index (κ1) is 24.0. The molecule has 2 aromatic rings. The lowest BCUT2D eigenvalue weighted by molar-refractivity contribution is -0.138. The monoisotopic (exact) mass is 556 g/mol. The van der Waals surface area contributed by atoms with Crippen LogP contribution in [-0.4, -0.2) is 54.0 Å². The van der Waals surface area contributed by atoms with Crippen LogP contribution in [0.4, 0.5) is 0 Å². The van der Waals surface area contributed by atoms with E-state index in [-0.39, 0.29) is 24.3 Å². The molecule has 1 saturated carbocycles. The van der Waals surface area contributed by atoms with Crippen LogP contribution in [0.25, 0.3) is 0 Å². The van der Waals surface area contributed by atoms with Crippen LogP contribution in [0.3, 0.4) is 0 Å². The van der Waals surface area contributed by atoms with Crippen LogP contribution in [0.1, 0.15) is 40.1 Å². The minimum absolute atomic E-state index is 0.195. The first-order valence-corrected chi connectivity index (χ1v) is 13.3. The van der Waals surface area contributed by atoms with Crippen LogP contribution in [0.5, 0.6) is 0 Å². The average Bonchev–Trinajstić information content (AvgIpc) is 3.37. The number of nitriles is 1. The second kappa shape index (κ2) is 9.72. The summed E-state index contributed by atoms with van der Waals surface area (Å²) < 4.78 is 7.09. The van der Waals surface area contributed by atoms with Gasteiger partial charge in [0.25, 0.3) is 5.91 Å². The minimum Gasteiger partial charge on any atom is -0.373 e. The van der Waals surface area contributed by atoms with Gasteiger partial charge in [-0.15, -0.1) is 11.3 Å². The first-order chi connectivity index (χ1) is 16.9. The quantitative estimate of drug-likeness (QED) is 0.568. The summed E-state index contributed by atoms with van der Waals surface area (Å²) >= 11 is 4.75. The molecule has 1 aromatic heterocycles. The van der Waals surface area contributed by atoms with E-state index in [2.05, 4.69) is 32.6 Å². The number of ether oxygens (including phenoxy) is 1. The number of amides is 3. The summed E-state index contributed by atoms with van der Waals surface area (Å²) in [6, 6.07) is 10.1. The lowest BCUT2D eigenvalue weighted by Crippen LogP contribution is -2.49. The van der Waals surface area contributed by atoms with Crippen molar-refractivity contribution < 1.29 is 19.1 Å². The fourth-order valence-electron chi connectivity index (χ4n) is 5.29. The van der Waals surface area contributed by atoms with Crippen molar-refractivity contribution in [3.05, 3.63) is 56.2 Å². The molecular formula is C25H25BrN4O4S. The Bertz CT molecular complexity index is 1190. The fraction of sp³-hybridized carbons (Fsp3) is 0.440. The largest absolute Gasteiger partial charge is 0.373 e. The van der Waals surface area contributed by atoms with Crippen molar-refractivity contribution in [1.29, 1.82) is 5.26 Å². The van der Waals surface area contributed by atoms with E-state index in [1.807, 2.05) is 0 Å². The molecule has 35 heavy (non-hydrogen) atoms. The van der Waals surface area contributed by atoms with E-state index >= 15 is 0 Å². The number of fused-ring (bicyclic) bond motifs is 2. The lowest BCUT2D eigenvalue weighted by Gasteiger charge is -2.33.